The minimum Gasteiger partial charge on any atom is -0.376 e. The largest absolute Gasteiger partial charge is 0.376 e. The van der Waals surface area contributed by atoms with Gasteiger partial charge in [-0.3, -0.25) is 0 Å². The zero-order valence-electron chi connectivity index (χ0n) is 11.2. The lowest BCUT2D eigenvalue weighted by Crippen LogP contribution is -2.45. The molecule has 0 amide bonds. The van der Waals surface area contributed by atoms with Gasteiger partial charge in [0, 0.05) is 19.2 Å². The molecule has 0 aromatic carbocycles. The molecule has 1 aliphatic carbocycles. The Balaban J connectivity index is 2.13. The Morgan fingerprint density at radius 1 is 1.39 bits per heavy atom. The number of halogens is 1. The summed E-state index contributed by atoms with van der Waals surface area (Å²) in [7, 11) is 1.78. The van der Waals surface area contributed by atoms with E-state index in [1.54, 1.807) is 7.11 Å². The molecule has 18 heavy (non-hydrogen) atoms. The van der Waals surface area contributed by atoms with E-state index in [2.05, 4.69) is 22.2 Å². The summed E-state index contributed by atoms with van der Waals surface area (Å²) in [5, 5.41) is 3.93. The molecule has 2 rings (SSSR count). The van der Waals surface area contributed by atoms with Crippen LogP contribution in [0, 0.1) is 6.92 Å². The van der Waals surface area contributed by atoms with E-state index in [1.165, 1.54) is 6.42 Å². The molecule has 100 valence electrons. The first-order valence-corrected chi connectivity index (χ1v) is 6.80. The number of anilines is 1. The van der Waals surface area contributed by atoms with Gasteiger partial charge in [0.05, 0.1) is 5.60 Å². The van der Waals surface area contributed by atoms with E-state index in [4.69, 9.17) is 16.3 Å². The van der Waals surface area contributed by atoms with Crippen LogP contribution in [-0.4, -0.2) is 29.2 Å². The van der Waals surface area contributed by atoms with Crippen molar-refractivity contribution in [2.75, 3.05) is 19.0 Å². The van der Waals surface area contributed by atoms with Crippen LogP contribution in [0.3, 0.4) is 0 Å². The first kappa shape index (κ1) is 13.6. The van der Waals surface area contributed by atoms with Gasteiger partial charge in [-0.05, 0) is 32.6 Å². The lowest BCUT2D eigenvalue weighted by atomic mass is 9.80. The Labute approximate surface area is 113 Å². The molecule has 0 bridgehead atoms. The van der Waals surface area contributed by atoms with Gasteiger partial charge >= 0.3 is 0 Å². The zero-order valence-corrected chi connectivity index (χ0v) is 12.0. The molecule has 1 aromatic heterocycles. The van der Waals surface area contributed by atoms with Crippen molar-refractivity contribution in [3.05, 3.63) is 16.5 Å². The summed E-state index contributed by atoms with van der Waals surface area (Å²) in [5.41, 5.74) is 0.962. The number of nitrogens with zero attached hydrogens (tertiary/aromatic N) is 2. The smallest absolute Gasteiger partial charge is 0.138 e. The van der Waals surface area contributed by atoms with E-state index in [1.807, 2.05) is 6.92 Å². The summed E-state index contributed by atoms with van der Waals surface area (Å²) in [6.07, 6.45) is 4.27. The third kappa shape index (κ3) is 2.59. The highest BCUT2D eigenvalue weighted by atomic mass is 35.5. The number of rotatable bonds is 5. The second-order valence-electron chi connectivity index (χ2n) is 4.84. The van der Waals surface area contributed by atoms with Crippen molar-refractivity contribution in [3.8, 4) is 0 Å². The molecule has 1 saturated carbocycles. The van der Waals surface area contributed by atoms with Gasteiger partial charge in [-0.15, -0.1) is 0 Å². The quantitative estimate of drug-likeness (QED) is 0.835. The molecule has 1 aliphatic rings. The third-order valence-electron chi connectivity index (χ3n) is 3.70. The van der Waals surface area contributed by atoms with Crippen molar-refractivity contribution < 1.29 is 4.74 Å². The topological polar surface area (TPSA) is 47.0 Å². The standard InChI is InChI=1S/C13H20ClN3O/c1-4-10-11(14)16-9(2)17-12(10)15-8-13(18-3)6-5-7-13/h4-8H2,1-3H3,(H,15,16,17). The summed E-state index contributed by atoms with van der Waals surface area (Å²) >= 11 is 6.14. The first-order chi connectivity index (χ1) is 8.60. The molecule has 0 atom stereocenters. The monoisotopic (exact) mass is 269 g/mol. The van der Waals surface area contributed by atoms with Crippen molar-refractivity contribution in [1.29, 1.82) is 0 Å². The lowest BCUT2D eigenvalue weighted by Gasteiger charge is -2.40. The second-order valence-corrected chi connectivity index (χ2v) is 5.19. The highest BCUT2D eigenvalue weighted by Gasteiger charge is 2.37. The second kappa shape index (κ2) is 5.41. The molecule has 0 spiro atoms. The van der Waals surface area contributed by atoms with Crippen LogP contribution < -0.4 is 5.32 Å². The van der Waals surface area contributed by atoms with Crippen molar-refractivity contribution in [1.82, 2.24) is 9.97 Å². The fourth-order valence-corrected chi connectivity index (χ4v) is 2.64. The lowest BCUT2D eigenvalue weighted by molar-refractivity contribution is -0.0601. The molecular weight excluding hydrogens is 250 g/mol. The highest BCUT2D eigenvalue weighted by molar-refractivity contribution is 6.30. The average Bonchev–Trinajstić information content (AvgIpc) is 2.27. The van der Waals surface area contributed by atoms with Gasteiger partial charge in [-0.25, -0.2) is 9.97 Å². The van der Waals surface area contributed by atoms with Gasteiger partial charge < -0.3 is 10.1 Å². The van der Waals surface area contributed by atoms with Crippen LogP contribution in [0.15, 0.2) is 0 Å². The summed E-state index contributed by atoms with van der Waals surface area (Å²) < 4.78 is 5.59. The maximum atomic E-state index is 6.14. The van der Waals surface area contributed by atoms with Gasteiger partial charge in [0.15, 0.2) is 0 Å². The Kier molecular flexibility index (Phi) is 4.07. The van der Waals surface area contributed by atoms with Crippen molar-refractivity contribution >= 4 is 17.4 Å². The van der Waals surface area contributed by atoms with Gasteiger partial charge in [-0.2, -0.15) is 0 Å². The van der Waals surface area contributed by atoms with Gasteiger partial charge in [-0.1, -0.05) is 18.5 Å². The summed E-state index contributed by atoms with van der Waals surface area (Å²) in [4.78, 5) is 8.63. The molecular formula is C13H20ClN3O. The Morgan fingerprint density at radius 2 is 2.11 bits per heavy atom. The highest BCUT2D eigenvalue weighted by Crippen LogP contribution is 2.35. The molecule has 0 aliphatic heterocycles. The number of nitrogens with one attached hydrogen (secondary N) is 1. The number of aryl methyl sites for hydroxylation is 1. The van der Waals surface area contributed by atoms with Crippen LogP contribution in [0.1, 0.15) is 37.6 Å². The fourth-order valence-electron chi connectivity index (χ4n) is 2.29. The number of hydrogen-bond donors (Lipinski definition) is 1. The molecule has 1 N–H and O–H groups in total. The minimum absolute atomic E-state index is 0.0175. The van der Waals surface area contributed by atoms with E-state index >= 15 is 0 Å². The van der Waals surface area contributed by atoms with E-state index < -0.39 is 0 Å². The van der Waals surface area contributed by atoms with Gasteiger partial charge in [0.1, 0.15) is 16.8 Å². The molecule has 0 unspecified atom stereocenters. The average molecular weight is 270 g/mol. The van der Waals surface area contributed by atoms with Crippen LogP contribution in [0.25, 0.3) is 0 Å². The molecule has 0 saturated heterocycles. The molecule has 1 heterocycles. The third-order valence-corrected chi connectivity index (χ3v) is 4.01. The van der Waals surface area contributed by atoms with Crippen LogP contribution in [0.4, 0.5) is 5.82 Å². The van der Waals surface area contributed by atoms with Gasteiger partial charge in [0.2, 0.25) is 0 Å². The molecule has 4 nitrogen and oxygen atoms in total. The Bertz CT molecular complexity index is 427. The van der Waals surface area contributed by atoms with Crippen molar-refractivity contribution in [3.63, 3.8) is 0 Å². The van der Waals surface area contributed by atoms with E-state index in [9.17, 15) is 0 Å². The summed E-state index contributed by atoms with van der Waals surface area (Å²) in [6.45, 7) is 4.69. The normalized spacial score (nSPS) is 17.3. The summed E-state index contributed by atoms with van der Waals surface area (Å²) in [6, 6.07) is 0. The number of ether oxygens (including phenoxy) is 1. The summed E-state index contributed by atoms with van der Waals surface area (Å²) in [5.74, 6) is 1.54. The predicted molar refractivity (Wildman–Crippen MR) is 73.2 cm³/mol. The fraction of sp³-hybridized carbons (Fsp3) is 0.692. The van der Waals surface area contributed by atoms with Crippen LogP contribution in [0.2, 0.25) is 5.15 Å². The van der Waals surface area contributed by atoms with Crippen LogP contribution in [-0.2, 0) is 11.2 Å². The molecule has 1 fully saturated rings. The first-order valence-electron chi connectivity index (χ1n) is 6.42. The number of methoxy groups -OCH3 is 1. The molecule has 1 aromatic rings. The van der Waals surface area contributed by atoms with Crippen molar-refractivity contribution in [2.45, 2.75) is 45.1 Å². The number of hydrogen-bond acceptors (Lipinski definition) is 4. The van der Waals surface area contributed by atoms with E-state index in [-0.39, 0.29) is 5.60 Å². The SMILES string of the molecule is CCc1c(Cl)nc(C)nc1NCC1(OC)CCC1. The van der Waals surface area contributed by atoms with E-state index in [0.29, 0.717) is 11.0 Å². The zero-order chi connectivity index (χ0) is 13.2. The predicted octanol–water partition coefficient (Wildman–Crippen LogP) is 2.98. The van der Waals surface area contributed by atoms with Crippen LogP contribution in [0.5, 0.6) is 0 Å². The Hall–Kier alpha value is -0.870. The molecule has 0 radical (unpaired) electrons. The van der Waals surface area contributed by atoms with Crippen molar-refractivity contribution in [2.24, 2.45) is 0 Å². The van der Waals surface area contributed by atoms with Gasteiger partial charge in [0.25, 0.3) is 0 Å². The maximum Gasteiger partial charge on any atom is 0.138 e. The number of aromatic nitrogens is 2. The van der Waals surface area contributed by atoms with Crippen LogP contribution >= 0.6 is 11.6 Å². The maximum absolute atomic E-state index is 6.14. The minimum atomic E-state index is -0.0175. The molecule has 5 heteroatoms. The van der Waals surface area contributed by atoms with E-state index in [0.717, 1.165) is 37.2 Å². The Morgan fingerprint density at radius 3 is 2.61 bits per heavy atom.